The molecule has 0 spiro atoms. The molecule has 16 heavy (non-hydrogen) atoms. The first-order valence-electron chi connectivity index (χ1n) is 5.87. The summed E-state index contributed by atoms with van der Waals surface area (Å²) in [6, 6.07) is 0. The van der Waals surface area contributed by atoms with Crippen LogP contribution in [0.25, 0.3) is 0 Å². The molecule has 0 aliphatic carbocycles. The summed E-state index contributed by atoms with van der Waals surface area (Å²) in [6.45, 7) is 10.0. The lowest BCUT2D eigenvalue weighted by Gasteiger charge is -2.35. The molecular formula is C12H22N2O2. The maximum atomic E-state index is 11.8. The third kappa shape index (κ3) is 3.22. The van der Waals surface area contributed by atoms with Crippen molar-refractivity contribution >= 4 is 11.8 Å². The second-order valence-corrected chi connectivity index (χ2v) is 5.49. The Kier molecular flexibility index (Phi) is 3.94. The smallest absolute Gasteiger partial charge is 0.241 e. The van der Waals surface area contributed by atoms with Crippen molar-refractivity contribution in [3.8, 4) is 0 Å². The van der Waals surface area contributed by atoms with Crippen molar-refractivity contribution in [2.75, 3.05) is 19.6 Å². The predicted molar refractivity (Wildman–Crippen MR) is 62.8 cm³/mol. The minimum atomic E-state index is -0.0294. The maximum absolute atomic E-state index is 11.8. The quantitative estimate of drug-likeness (QED) is 0.781. The fourth-order valence-electron chi connectivity index (χ4n) is 1.58. The zero-order valence-corrected chi connectivity index (χ0v) is 10.7. The molecule has 0 aromatic rings. The number of carbonyl (C=O) groups is 2. The summed E-state index contributed by atoms with van der Waals surface area (Å²) >= 11 is 0. The predicted octanol–water partition coefficient (Wildman–Crippen LogP) is 1.02. The van der Waals surface area contributed by atoms with Crippen LogP contribution in [0.5, 0.6) is 0 Å². The highest BCUT2D eigenvalue weighted by Crippen LogP contribution is 2.27. The van der Waals surface area contributed by atoms with E-state index >= 15 is 0 Å². The second-order valence-electron chi connectivity index (χ2n) is 5.49. The fraction of sp³-hybridized carbons (Fsp3) is 0.833. The van der Waals surface area contributed by atoms with Crippen LogP contribution in [-0.4, -0.2) is 36.3 Å². The lowest BCUT2D eigenvalue weighted by molar-refractivity contribution is -0.131. The molecule has 0 aromatic carbocycles. The number of amides is 2. The normalized spacial score (nSPS) is 18.7. The van der Waals surface area contributed by atoms with E-state index in [0.29, 0.717) is 18.9 Å². The Hall–Kier alpha value is -1.06. The largest absolute Gasteiger partial charge is 0.347 e. The SMILES string of the molecule is CC(C)C(C)(C)CN1CCC(=O)NCC1=O. The molecule has 0 bridgehead atoms. The molecule has 0 aromatic heterocycles. The van der Waals surface area contributed by atoms with Crippen LogP contribution in [0.4, 0.5) is 0 Å². The molecule has 1 saturated heterocycles. The number of nitrogens with one attached hydrogen (secondary N) is 1. The molecular weight excluding hydrogens is 204 g/mol. The molecule has 0 atom stereocenters. The highest BCUT2D eigenvalue weighted by Gasteiger charge is 2.29. The maximum Gasteiger partial charge on any atom is 0.241 e. The van der Waals surface area contributed by atoms with Crippen molar-refractivity contribution in [2.45, 2.75) is 34.1 Å². The molecule has 1 rings (SSSR count). The summed E-state index contributed by atoms with van der Waals surface area (Å²) in [5.74, 6) is 0.505. The van der Waals surface area contributed by atoms with Crippen LogP contribution in [0.1, 0.15) is 34.1 Å². The summed E-state index contributed by atoms with van der Waals surface area (Å²) in [4.78, 5) is 24.8. The number of hydrogen-bond donors (Lipinski definition) is 1. The first-order valence-corrected chi connectivity index (χ1v) is 5.87. The number of nitrogens with zero attached hydrogens (tertiary/aromatic N) is 1. The van der Waals surface area contributed by atoms with Crippen molar-refractivity contribution in [3.05, 3.63) is 0 Å². The van der Waals surface area contributed by atoms with Crippen molar-refractivity contribution in [1.82, 2.24) is 10.2 Å². The third-order valence-corrected chi connectivity index (χ3v) is 3.56. The minimum absolute atomic E-state index is 0.0274. The van der Waals surface area contributed by atoms with Gasteiger partial charge in [-0.3, -0.25) is 9.59 Å². The van der Waals surface area contributed by atoms with E-state index in [1.165, 1.54) is 0 Å². The minimum Gasteiger partial charge on any atom is -0.347 e. The van der Waals surface area contributed by atoms with E-state index < -0.39 is 0 Å². The Morgan fingerprint density at radius 3 is 2.56 bits per heavy atom. The van der Waals surface area contributed by atoms with Crippen LogP contribution in [0.15, 0.2) is 0 Å². The van der Waals surface area contributed by atoms with Gasteiger partial charge in [-0.2, -0.15) is 0 Å². The van der Waals surface area contributed by atoms with Gasteiger partial charge >= 0.3 is 0 Å². The van der Waals surface area contributed by atoms with Crippen LogP contribution < -0.4 is 5.32 Å². The Labute approximate surface area is 97.4 Å². The zero-order chi connectivity index (χ0) is 12.3. The zero-order valence-electron chi connectivity index (χ0n) is 10.7. The van der Waals surface area contributed by atoms with Crippen LogP contribution in [0, 0.1) is 11.3 Å². The summed E-state index contributed by atoms with van der Waals surface area (Å²) in [6.07, 6.45) is 0.417. The van der Waals surface area contributed by atoms with Crippen LogP contribution >= 0.6 is 0 Å². The third-order valence-electron chi connectivity index (χ3n) is 3.56. The Bertz CT molecular complexity index is 285. The summed E-state index contributed by atoms with van der Waals surface area (Å²) in [5, 5.41) is 2.61. The van der Waals surface area contributed by atoms with Crippen LogP contribution in [0.2, 0.25) is 0 Å². The van der Waals surface area contributed by atoms with Gasteiger partial charge in [0.2, 0.25) is 11.8 Å². The van der Waals surface area contributed by atoms with E-state index in [1.807, 2.05) is 0 Å². The van der Waals surface area contributed by atoms with E-state index in [2.05, 4.69) is 33.0 Å². The number of rotatable bonds is 3. The molecule has 1 N–H and O–H groups in total. The van der Waals surface area contributed by atoms with Crippen LogP contribution in [-0.2, 0) is 9.59 Å². The highest BCUT2D eigenvalue weighted by atomic mass is 16.2. The molecule has 0 saturated carbocycles. The molecule has 0 radical (unpaired) electrons. The Balaban J connectivity index is 2.65. The summed E-state index contributed by atoms with van der Waals surface area (Å²) in [5.41, 5.74) is 0.0864. The Morgan fingerprint density at radius 2 is 2.00 bits per heavy atom. The molecule has 1 fully saturated rings. The Morgan fingerprint density at radius 1 is 1.38 bits per heavy atom. The molecule has 2 amide bonds. The van der Waals surface area contributed by atoms with Gasteiger partial charge in [0.05, 0.1) is 6.54 Å². The molecule has 1 aliphatic rings. The second kappa shape index (κ2) is 4.85. The van der Waals surface area contributed by atoms with Gasteiger partial charge in [0.1, 0.15) is 0 Å². The first-order chi connectivity index (χ1) is 7.33. The summed E-state index contributed by atoms with van der Waals surface area (Å²) < 4.78 is 0. The number of hydrogen-bond acceptors (Lipinski definition) is 2. The first kappa shape index (κ1) is 13.0. The van der Waals surface area contributed by atoms with Gasteiger partial charge in [0.25, 0.3) is 0 Å². The van der Waals surface area contributed by atoms with Crippen LogP contribution in [0.3, 0.4) is 0 Å². The fourth-order valence-corrected chi connectivity index (χ4v) is 1.58. The van der Waals surface area contributed by atoms with Crippen molar-refractivity contribution < 1.29 is 9.59 Å². The van der Waals surface area contributed by atoms with E-state index in [9.17, 15) is 9.59 Å². The van der Waals surface area contributed by atoms with Crippen molar-refractivity contribution in [1.29, 1.82) is 0 Å². The molecule has 1 aliphatic heterocycles. The van der Waals surface area contributed by atoms with Gasteiger partial charge in [-0.15, -0.1) is 0 Å². The van der Waals surface area contributed by atoms with E-state index in [-0.39, 0.29) is 23.8 Å². The van der Waals surface area contributed by atoms with Gasteiger partial charge < -0.3 is 10.2 Å². The average Bonchev–Trinajstić information content (AvgIpc) is 2.32. The average molecular weight is 226 g/mol. The van der Waals surface area contributed by atoms with Gasteiger partial charge in [0, 0.05) is 19.5 Å². The number of carbonyl (C=O) groups excluding carboxylic acids is 2. The van der Waals surface area contributed by atoms with Gasteiger partial charge in [-0.25, -0.2) is 0 Å². The van der Waals surface area contributed by atoms with Gasteiger partial charge in [-0.05, 0) is 11.3 Å². The standard InChI is InChI=1S/C12H22N2O2/c1-9(2)12(3,4)8-14-6-5-10(15)13-7-11(14)16/h9H,5-8H2,1-4H3,(H,13,15). The van der Waals surface area contributed by atoms with E-state index in [4.69, 9.17) is 0 Å². The highest BCUT2D eigenvalue weighted by molar-refractivity contribution is 5.87. The van der Waals surface area contributed by atoms with Crippen molar-refractivity contribution in [3.63, 3.8) is 0 Å². The van der Waals surface area contributed by atoms with E-state index in [0.717, 1.165) is 6.54 Å². The van der Waals surface area contributed by atoms with E-state index in [1.54, 1.807) is 4.90 Å². The van der Waals surface area contributed by atoms with Gasteiger partial charge in [0.15, 0.2) is 0 Å². The molecule has 1 heterocycles. The summed E-state index contributed by atoms with van der Waals surface area (Å²) in [7, 11) is 0. The van der Waals surface area contributed by atoms with Gasteiger partial charge in [-0.1, -0.05) is 27.7 Å². The molecule has 4 heteroatoms. The molecule has 4 nitrogen and oxygen atoms in total. The monoisotopic (exact) mass is 226 g/mol. The molecule has 92 valence electrons. The van der Waals surface area contributed by atoms with Crippen molar-refractivity contribution in [2.24, 2.45) is 11.3 Å². The topological polar surface area (TPSA) is 49.4 Å². The lowest BCUT2D eigenvalue weighted by atomic mass is 9.80. The lowest BCUT2D eigenvalue weighted by Crippen LogP contribution is -2.42. The molecule has 0 unspecified atom stereocenters.